The third-order valence-corrected chi connectivity index (χ3v) is 4.29. The molecule has 7 heteroatoms. The third kappa shape index (κ3) is 3.05. The Balaban J connectivity index is 2.08. The first kappa shape index (κ1) is 14.7. The number of hydrogen-bond donors (Lipinski definition) is 2. The maximum atomic E-state index is 11.9. The quantitative estimate of drug-likeness (QED) is 0.500. The molecule has 1 aromatic rings. The van der Waals surface area contributed by atoms with E-state index in [0.29, 0.717) is 5.69 Å². The van der Waals surface area contributed by atoms with Crippen molar-refractivity contribution in [2.75, 3.05) is 5.32 Å². The topological polar surface area (TPSA) is 75.3 Å². The van der Waals surface area contributed by atoms with Crippen LogP contribution in [0, 0.1) is 13.8 Å². The zero-order chi connectivity index (χ0) is 14.9. The second-order valence-corrected chi connectivity index (χ2v) is 6.17. The molecular weight excluding hydrogens is 296 g/mol. The number of thioether (sulfide) groups is 1. The number of benzene rings is 1. The smallest absolute Gasteiger partial charge is 0.293 e. The van der Waals surface area contributed by atoms with Crippen LogP contribution in [-0.4, -0.2) is 27.2 Å². The molecule has 5 nitrogen and oxygen atoms in total. The Labute approximate surface area is 125 Å². The highest BCUT2D eigenvalue weighted by atomic mass is 32.2. The summed E-state index contributed by atoms with van der Waals surface area (Å²) >= 11 is 5.67. The standard InChI is InChI=1S/C13H12N2O3S2/c1-6-3-4-8(5-7(6)2)14-11(17)9(16)10-12(18)15-13(19)20-10/h3-5,10H,1-2H3,(H,14,17)(H,15,18,19)/t10-/m1/s1. The van der Waals surface area contributed by atoms with E-state index in [-0.39, 0.29) is 4.32 Å². The zero-order valence-corrected chi connectivity index (χ0v) is 12.5. The number of ketones is 1. The Morgan fingerprint density at radius 2 is 2.00 bits per heavy atom. The molecule has 0 unspecified atom stereocenters. The van der Waals surface area contributed by atoms with Crippen molar-refractivity contribution < 1.29 is 14.4 Å². The van der Waals surface area contributed by atoms with Gasteiger partial charge in [0.2, 0.25) is 11.7 Å². The maximum Gasteiger partial charge on any atom is 0.293 e. The lowest BCUT2D eigenvalue weighted by atomic mass is 10.1. The molecule has 1 aliphatic rings. The third-order valence-electron chi connectivity index (χ3n) is 2.91. The fourth-order valence-electron chi connectivity index (χ4n) is 1.66. The van der Waals surface area contributed by atoms with Gasteiger partial charge in [-0.2, -0.15) is 0 Å². The van der Waals surface area contributed by atoms with Gasteiger partial charge in [0.05, 0.1) is 0 Å². The number of Topliss-reactive ketones (excluding diaryl/α,β-unsaturated/α-hetero) is 1. The molecule has 1 aliphatic heterocycles. The Kier molecular flexibility index (Phi) is 4.20. The van der Waals surface area contributed by atoms with Crippen LogP contribution in [0.15, 0.2) is 18.2 Å². The summed E-state index contributed by atoms with van der Waals surface area (Å²) in [5.74, 6) is -2.16. The van der Waals surface area contributed by atoms with E-state index in [9.17, 15) is 14.4 Å². The summed E-state index contributed by atoms with van der Waals surface area (Å²) in [6.07, 6.45) is 0. The number of aryl methyl sites for hydroxylation is 2. The normalized spacial score (nSPS) is 17.8. The summed E-state index contributed by atoms with van der Waals surface area (Å²) in [7, 11) is 0. The largest absolute Gasteiger partial charge is 0.319 e. The van der Waals surface area contributed by atoms with Gasteiger partial charge < -0.3 is 10.6 Å². The van der Waals surface area contributed by atoms with Gasteiger partial charge in [0, 0.05) is 5.69 Å². The van der Waals surface area contributed by atoms with Gasteiger partial charge in [-0.05, 0) is 37.1 Å². The second-order valence-electron chi connectivity index (χ2n) is 4.39. The summed E-state index contributed by atoms with van der Waals surface area (Å²) in [6.45, 7) is 3.86. The molecule has 104 valence electrons. The van der Waals surface area contributed by atoms with Crippen LogP contribution in [0.5, 0.6) is 0 Å². The SMILES string of the molecule is Cc1ccc(NC(=O)C(=O)[C@H]2SC(=S)NC2=O)cc1C. The van der Waals surface area contributed by atoms with Gasteiger partial charge in [0.1, 0.15) is 4.32 Å². The average Bonchev–Trinajstić information content (AvgIpc) is 2.72. The number of carbonyl (C=O) groups excluding carboxylic acids is 3. The van der Waals surface area contributed by atoms with Gasteiger partial charge in [0.25, 0.3) is 5.91 Å². The van der Waals surface area contributed by atoms with Crippen molar-refractivity contribution in [2.45, 2.75) is 19.1 Å². The van der Waals surface area contributed by atoms with Crippen molar-refractivity contribution in [3.63, 3.8) is 0 Å². The summed E-state index contributed by atoms with van der Waals surface area (Å²) in [5, 5.41) is 3.75. The molecule has 1 heterocycles. The van der Waals surface area contributed by atoms with Crippen LogP contribution in [0.1, 0.15) is 11.1 Å². The Bertz CT molecular complexity index is 628. The molecular formula is C13H12N2O3S2. The van der Waals surface area contributed by atoms with Crippen LogP contribution >= 0.6 is 24.0 Å². The molecule has 0 saturated carbocycles. The molecule has 0 radical (unpaired) electrons. The van der Waals surface area contributed by atoms with Gasteiger partial charge in [-0.15, -0.1) is 0 Å². The predicted molar refractivity (Wildman–Crippen MR) is 81.7 cm³/mol. The minimum atomic E-state index is -1.09. The maximum absolute atomic E-state index is 11.9. The highest BCUT2D eigenvalue weighted by Gasteiger charge is 2.38. The van der Waals surface area contributed by atoms with Gasteiger partial charge in [-0.1, -0.05) is 30.0 Å². The number of anilines is 1. The van der Waals surface area contributed by atoms with Crippen LogP contribution in [0.3, 0.4) is 0 Å². The van der Waals surface area contributed by atoms with E-state index in [1.807, 2.05) is 19.9 Å². The van der Waals surface area contributed by atoms with Crippen molar-refractivity contribution in [3.05, 3.63) is 29.3 Å². The number of hydrogen-bond acceptors (Lipinski definition) is 5. The molecule has 1 saturated heterocycles. The van der Waals surface area contributed by atoms with Gasteiger partial charge >= 0.3 is 0 Å². The lowest BCUT2D eigenvalue weighted by Crippen LogP contribution is -2.37. The number of amides is 2. The first-order valence-corrected chi connectivity index (χ1v) is 7.11. The molecule has 1 atom stereocenters. The van der Waals surface area contributed by atoms with E-state index >= 15 is 0 Å². The van der Waals surface area contributed by atoms with E-state index in [4.69, 9.17) is 12.2 Å². The molecule has 1 fully saturated rings. The number of carbonyl (C=O) groups is 3. The summed E-state index contributed by atoms with van der Waals surface area (Å²) in [5.41, 5.74) is 2.62. The van der Waals surface area contributed by atoms with Crippen molar-refractivity contribution in [1.82, 2.24) is 5.32 Å². The van der Waals surface area contributed by atoms with Crippen LogP contribution in [0.4, 0.5) is 5.69 Å². The van der Waals surface area contributed by atoms with Gasteiger partial charge in [-0.3, -0.25) is 14.4 Å². The molecule has 0 aliphatic carbocycles. The second kappa shape index (κ2) is 5.72. The van der Waals surface area contributed by atoms with Gasteiger partial charge in [-0.25, -0.2) is 0 Å². The minimum absolute atomic E-state index is 0.215. The van der Waals surface area contributed by atoms with Gasteiger partial charge in [0.15, 0.2) is 5.25 Å². The lowest BCUT2D eigenvalue weighted by Gasteiger charge is -2.08. The Morgan fingerprint density at radius 3 is 2.55 bits per heavy atom. The van der Waals surface area contributed by atoms with Crippen molar-refractivity contribution in [3.8, 4) is 0 Å². The van der Waals surface area contributed by atoms with Crippen molar-refractivity contribution in [1.29, 1.82) is 0 Å². The molecule has 0 aromatic heterocycles. The molecule has 0 bridgehead atoms. The van der Waals surface area contributed by atoms with Crippen LogP contribution in [0.2, 0.25) is 0 Å². The highest BCUT2D eigenvalue weighted by molar-refractivity contribution is 8.25. The Hall–Kier alpha value is -1.73. The zero-order valence-electron chi connectivity index (χ0n) is 10.9. The lowest BCUT2D eigenvalue weighted by molar-refractivity contribution is -0.136. The van der Waals surface area contributed by atoms with E-state index in [1.165, 1.54) is 0 Å². The molecule has 20 heavy (non-hydrogen) atoms. The number of rotatable bonds is 3. The highest BCUT2D eigenvalue weighted by Crippen LogP contribution is 2.21. The molecule has 2 rings (SSSR count). The van der Waals surface area contributed by atoms with E-state index in [0.717, 1.165) is 22.9 Å². The monoisotopic (exact) mass is 308 g/mol. The minimum Gasteiger partial charge on any atom is -0.319 e. The van der Waals surface area contributed by atoms with Crippen LogP contribution < -0.4 is 10.6 Å². The molecule has 2 N–H and O–H groups in total. The first-order chi connectivity index (χ1) is 9.38. The van der Waals surface area contributed by atoms with Crippen LogP contribution in [-0.2, 0) is 14.4 Å². The summed E-state index contributed by atoms with van der Waals surface area (Å²) in [6, 6.07) is 5.33. The molecule has 1 aromatic carbocycles. The van der Waals surface area contributed by atoms with E-state index in [1.54, 1.807) is 12.1 Å². The van der Waals surface area contributed by atoms with E-state index in [2.05, 4.69) is 10.6 Å². The fraction of sp³-hybridized carbons (Fsp3) is 0.231. The molecule has 2 amide bonds. The predicted octanol–water partition coefficient (Wildman–Crippen LogP) is 1.33. The van der Waals surface area contributed by atoms with Crippen molar-refractivity contribution in [2.24, 2.45) is 0 Å². The molecule has 0 spiro atoms. The average molecular weight is 308 g/mol. The van der Waals surface area contributed by atoms with E-state index < -0.39 is 22.8 Å². The number of thiocarbonyl (C=S) groups is 1. The van der Waals surface area contributed by atoms with Crippen LogP contribution in [0.25, 0.3) is 0 Å². The fourth-order valence-corrected chi connectivity index (χ4v) is 2.80. The first-order valence-electron chi connectivity index (χ1n) is 5.82. The van der Waals surface area contributed by atoms with Crippen molar-refractivity contribution >= 4 is 51.6 Å². The Morgan fingerprint density at radius 1 is 1.30 bits per heavy atom. The number of nitrogens with one attached hydrogen (secondary N) is 2. The summed E-state index contributed by atoms with van der Waals surface area (Å²) in [4.78, 5) is 35.2. The summed E-state index contributed by atoms with van der Waals surface area (Å²) < 4.78 is 0.215.